The number of carbonyl (C=O) groups is 1. The molecule has 3 N–H and O–H groups in total. The van der Waals surface area contributed by atoms with Gasteiger partial charge in [0.2, 0.25) is 15.9 Å². The molecule has 1 rings (SSSR count). The highest BCUT2D eigenvalue weighted by molar-refractivity contribution is 7.89. The number of amides is 1. The van der Waals surface area contributed by atoms with Gasteiger partial charge >= 0.3 is 0 Å². The number of hydrogen-bond donors (Lipinski definition) is 2. The molecule has 1 heterocycles. The van der Waals surface area contributed by atoms with Crippen LogP contribution in [0.2, 0.25) is 0 Å². The fourth-order valence-corrected chi connectivity index (χ4v) is 3.33. The average Bonchev–Trinajstić information content (AvgIpc) is 2.66. The van der Waals surface area contributed by atoms with Gasteiger partial charge < -0.3 is 11.1 Å². The second-order valence-electron chi connectivity index (χ2n) is 4.85. The summed E-state index contributed by atoms with van der Waals surface area (Å²) in [6.07, 6.45) is 2.14. The van der Waals surface area contributed by atoms with Crippen molar-refractivity contribution < 1.29 is 13.2 Å². The summed E-state index contributed by atoms with van der Waals surface area (Å²) in [4.78, 5) is 11.7. The molecule has 0 aromatic rings. The van der Waals surface area contributed by atoms with Crippen molar-refractivity contribution in [2.45, 2.75) is 38.6 Å². The van der Waals surface area contributed by atoms with Gasteiger partial charge in [0.05, 0.1) is 12.3 Å². The van der Waals surface area contributed by atoms with Crippen molar-refractivity contribution in [3.05, 3.63) is 0 Å². The van der Waals surface area contributed by atoms with E-state index < -0.39 is 15.6 Å². The predicted molar refractivity (Wildman–Crippen MR) is 70.5 cm³/mol. The van der Waals surface area contributed by atoms with E-state index in [2.05, 4.69) is 5.32 Å². The zero-order valence-corrected chi connectivity index (χ0v) is 11.9. The van der Waals surface area contributed by atoms with Crippen LogP contribution >= 0.6 is 0 Å². The minimum Gasteiger partial charge on any atom is -0.353 e. The van der Waals surface area contributed by atoms with Gasteiger partial charge in [0.15, 0.2) is 0 Å². The fraction of sp³-hybridized carbons (Fsp3) is 0.909. The summed E-state index contributed by atoms with van der Waals surface area (Å²) in [7, 11) is -3.21. The van der Waals surface area contributed by atoms with Crippen molar-refractivity contribution in [3.8, 4) is 0 Å². The van der Waals surface area contributed by atoms with Crippen molar-refractivity contribution in [3.63, 3.8) is 0 Å². The van der Waals surface area contributed by atoms with Crippen LogP contribution in [-0.2, 0) is 14.8 Å². The highest BCUT2D eigenvalue weighted by atomic mass is 32.2. The molecule has 1 fully saturated rings. The maximum atomic E-state index is 11.7. The molecule has 0 atom stereocenters. The largest absolute Gasteiger partial charge is 0.353 e. The van der Waals surface area contributed by atoms with Crippen LogP contribution in [0.25, 0.3) is 0 Å². The molecule has 0 aliphatic carbocycles. The van der Waals surface area contributed by atoms with Gasteiger partial charge in [-0.05, 0) is 19.3 Å². The van der Waals surface area contributed by atoms with Crippen molar-refractivity contribution in [1.29, 1.82) is 0 Å². The Bertz CT molecular complexity index is 390. The SMILES string of the molecule is CCC(N)(CC)CNC(=O)CN1CCCS1(=O)=O. The zero-order chi connectivity index (χ0) is 13.8. The highest BCUT2D eigenvalue weighted by Gasteiger charge is 2.30. The third-order valence-electron chi connectivity index (χ3n) is 3.57. The Balaban J connectivity index is 2.43. The summed E-state index contributed by atoms with van der Waals surface area (Å²) in [6, 6.07) is 0. The standard InChI is InChI=1S/C11H23N3O3S/c1-3-11(12,4-2)9-13-10(15)8-14-6-5-7-18(14,16)17/h3-9,12H2,1-2H3,(H,13,15). The van der Waals surface area contributed by atoms with Gasteiger partial charge in [0.1, 0.15) is 0 Å². The first-order valence-electron chi connectivity index (χ1n) is 6.36. The van der Waals surface area contributed by atoms with Crippen LogP contribution in [-0.4, -0.2) is 49.6 Å². The molecule has 7 heteroatoms. The third kappa shape index (κ3) is 3.93. The number of sulfonamides is 1. The maximum absolute atomic E-state index is 11.7. The molecule has 0 unspecified atom stereocenters. The molecule has 0 spiro atoms. The summed E-state index contributed by atoms with van der Waals surface area (Å²) in [5.41, 5.74) is 5.66. The fourth-order valence-electron chi connectivity index (χ4n) is 1.86. The quantitative estimate of drug-likeness (QED) is 0.694. The number of nitrogens with one attached hydrogen (secondary N) is 1. The molecule has 0 aromatic heterocycles. The Labute approximate surface area is 109 Å². The molecule has 6 nitrogen and oxygen atoms in total. The van der Waals surface area contributed by atoms with E-state index in [9.17, 15) is 13.2 Å². The van der Waals surface area contributed by atoms with Crippen molar-refractivity contribution in [2.75, 3.05) is 25.4 Å². The summed E-state index contributed by atoms with van der Waals surface area (Å²) in [5, 5.41) is 2.72. The van der Waals surface area contributed by atoms with Gasteiger partial charge in [-0.25, -0.2) is 8.42 Å². The van der Waals surface area contributed by atoms with Crippen molar-refractivity contribution in [1.82, 2.24) is 9.62 Å². The van der Waals surface area contributed by atoms with Crippen LogP contribution in [0.1, 0.15) is 33.1 Å². The van der Waals surface area contributed by atoms with Crippen molar-refractivity contribution >= 4 is 15.9 Å². The molecule has 106 valence electrons. The molecular weight excluding hydrogens is 254 g/mol. The number of nitrogens with two attached hydrogens (primary N) is 1. The van der Waals surface area contributed by atoms with E-state index in [4.69, 9.17) is 5.73 Å². The Kier molecular flexibility index (Phi) is 5.12. The summed E-state index contributed by atoms with van der Waals surface area (Å²) >= 11 is 0. The predicted octanol–water partition coefficient (Wildman–Crippen LogP) is -0.344. The smallest absolute Gasteiger partial charge is 0.235 e. The maximum Gasteiger partial charge on any atom is 0.235 e. The van der Waals surface area contributed by atoms with E-state index in [0.717, 1.165) is 12.8 Å². The van der Waals surface area contributed by atoms with E-state index in [1.807, 2.05) is 13.8 Å². The molecular formula is C11H23N3O3S. The Hall–Kier alpha value is -0.660. The lowest BCUT2D eigenvalue weighted by Crippen LogP contribution is -2.51. The molecule has 1 amide bonds. The van der Waals surface area contributed by atoms with E-state index in [0.29, 0.717) is 19.5 Å². The van der Waals surface area contributed by atoms with Crippen LogP contribution in [0, 0.1) is 0 Å². The summed E-state index contributed by atoms with van der Waals surface area (Å²) in [5.74, 6) is -0.136. The van der Waals surface area contributed by atoms with Gasteiger partial charge in [0.25, 0.3) is 0 Å². The van der Waals surface area contributed by atoms with Crippen LogP contribution < -0.4 is 11.1 Å². The van der Waals surface area contributed by atoms with Gasteiger partial charge in [-0.15, -0.1) is 0 Å². The first kappa shape index (κ1) is 15.4. The van der Waals surface area contributed by atoms with E-state index in [1.54, 1.807) is 0 Å². The normalized spacial score (nSPS) is 19.9. The van der Waals surface area contributed by atoms with Gasteiger partial charge in [-0.2, -0.15) is 4.31 Å². The lowest BCUT2D eigenvalue weighted by Gasteiger charge is -2.27. The highest BCUT2D eigenvalue weighted by Crippen LogP contribution is 2.13. The Morgan fingerprint density at radius 1 is 1.39 bits per heavy atom. The monoisotopic (exact) mass is 277 g/mol. The molecule has 1 aliphatic rings. The van der Waals surface area contributed by atoms with Crippen LogP contribution in [0.4, 0.5) is 0 Å². The van der Waals surface area contributed by atoms with Crippen molar-refractivity contribution in [2.24, 2.45) is 5.73 Å². The average molecular weight is 277 g/mol. The second-order valence-corrected chi connectivity index (χ2v) is 6.94. The molecule has 0 aromatic carbocycles. The molecule has 0 radical (unpaired) electrons. The Morgan fingerprint density at radius 3 is 2.44 bits per heavy atom. The minimum absolute atomic E-state index is 0.0914. The number of nitrogens with zero attached hydrogens (tertiary/aromatic N) is 1. The molecule has 1 saturated heterocycles. The van der Waals surface area contributed by atoms with Crippen LogP contribution in [0.5, 0.6) is 0 Å². The minimum atomic E-state index is -3.21. The lowest BCUT2D eigenvalue weighted by atomic mass is 9.94. The molecule has 1 aliphatic heterocycles. The summed E-state index contributed by atoms with van der Waals surface area (Å²) < 4.78 is 24.3. The second kappa shape index (κ2) is 5.99. The summed E-state index contributed by atoms with van der Waals surface area (Å²) in [6.45, 7) is 4.67. The van der Waals surface area contributed by atoms with E-state index in [1.165, 1.54) is 4.31 Å². The van der Waals surface area contributed by atoms with E-state index in [-0.39, 0.29) is 18.2 Å². The van der Waals surface area contributed by atoms with Gasteiger partial charge in [-0.3, -0.25) is 4.79 Å². The lowest BCUT2D eigenvalue weighted by molar-refractivity contribution is -0.121. The zero-order valence-electron chi connectivity index (χ0n) is 11.1. The van der Waals surface area contributed by atoms with Crippen LogP contribution in [0.3, 0.4) is 0 Å². The van der Waals surface area contributed by atoms with Gasteiger partial charge in [-0.1, -0.05) is 13.8 Å². The Morgan fingerprint density at radius 2 is 2.00 bits per heavy atom. The number of rotatable bonds is 6. The number of carbonyl (C=O) groups excluding carboxylic acids is 1. The van der Waals surface area contributed by atoms with Gasteiger partial charge in [0, 0.05) is 18.6 Å². The first-order chi connectivity index (χ1) is 8.33. The molecule has 0 saturated carbocycles. The molecule has 0 bridgehead atoms. The third-order valence-corrected chi connectivity index (χ3v) is 5.47. The topological polar surface area (TPSA) is 92.5 Å². The van der Waals surface area contributed by atoms with E-state index >= 15 is 0 Å². The van der Waals surface area contributed by atoms with Crippen LogP contribution in [0.15, 0.2) is 0 Å². The first-order valence-corrected chi connectivity index (χ1v) is 7.97. The number of hydrogen-bond acceptors (Lipinski definition) is 4. The molecule has 18 heavy (non-hydrogen) atoms.